The van der Waals surface area contributed by atoms with Crippen LogP contribution < -0.4 is 10.5 Å². The number of nitrogens with two attached hydrogens (primary N) is 1. The summed E-state index contributed by atoms with van der Waals surface area (Å²) in [5, 5.41) is 0.469. The summed E-state index contributed by atoms with van der Waals surface area (Å²) in [6, 6.07) is 0. The summed E-state index contributed by atoms with van der Waals surface area (Å²) in [6.45, 7) is -0.00858. The molecule has 1 aromatic heterocycles. The molecule has 1 aromatic rings. The minimum absolute atomic E-state index is 0.00858. The van der Waals surface area contributed by atoms with Crippen LogP contribution in [0.4, 0.5) is 4.39 Å². The van der Waals surface area contributed by atoms with Crippen molar-refractivity contribution in [1.29, 1.82) is 0 Å². The standard InChI is InChI=1S/C6H9FN2OS/c1-10-6-9-3-5(11-6)4(7)2-8/h3-4H,2,8H2,1H3. The highest BCUT2D eigenvalue weighted by Gasteiger charge is 2.11. The van der Waals surface area contributed by atoms with Gasteiger partial charge in [0.25, 0.3) is 5.19 Å². The van der Waals surface area contributed by atoms with Gasteiger partial charge in [0.15, 0.2) is 0 Å². The highest BCUT2D eigenvalue weighted by atomic mass is 32.1. The van der Waals surface area contributed by atoms with E-state index in [1.807, 2.05) is 0 Å². The summed E-state index contributed by atoms with van der Waals surface area (Å²) in [7, 11) is 1.50. The van der Waals surface area contributed by atoms with E-state index in [1.165, 1.54) is 24.6 Å². The Labute approximate surface area is 68.0 Å². The number of halogens is 1. The quantitative estimate of drug-likeness (QED) is 0.750. The fraction of sp³-hybridized carbons (Fsp3) is 0.500. The number of hydrogen-bond acceptors (Lipinski definition) is 4. The van der Waals surface area contributed by atoms with Crippen LogP contribution in [0.15, 0.2) is 6.20 Å². The third-order valence-corrected chi connectivity index (χ3v) is 2.24. The lowest BCUT2D eigenvalue weighted by Gasteiger charge is -1.97. The maximum Gasteiger partial charge on any atom is 0.273 e. The number of rotatable bonds is 3. The van der Waals surface area contributed by atoms with E-state index in [9.17, 15) is 4.39 Å². The lowest BCUT2D eigenvalue weighted by molar-refractivity contribution is 0.358. The molecule has 0 aliphatic rings. The molecule has 0 bridgehead atoms. The molecule has 0 radical (unpaired) electrons. The maximum absolute atomic E-state index is 12.8. The monoisotopic (exact) mass is 176 g/mol. The Hall–Kier alpha value is -0.680. The normalized spacial score (nSPS) is 13.0. The predicted molar refractivity (Wildman–Crippen MR) is 41.6 cm³/mol. The molecule has 5 heteroatoms. The smallest absolute Gasteiger partial charge is 0.273 e. The van der Waals surface area contributed by atoms with Crippen LogP contribution in [0.5, 0.6) is 5.19 Å². The van der Waals surface area contributed by atoms with E-state index >= 15 is 0 Å². The zero-order chi connectivity index (χ0) is 8.27. The molecule has 1 heterocycles. The third kappa shape index (κ3) is 1.87. The van der Waals surface area contributed by atoms with Crippen LogP contribution in [0, 0.1) is 0 Å². The van der Waals surface area contributed by atoms with E-state index in [4.69, 9.17) is 10.5 Å². The van der Waals surface area contributed by atoms with Crippen molar-refractivity contribution < 1.29 is 9.13 Å². The summed E-state index contributed by atoms with van der Waals surface area (Å²) >= 11 is 1.18. The van der Waals surface area contributed by atoms with Crippen LogP contribution in [0.3, 0.4) is 0 Å². The first-order valence-electron chi connectivity index (χ1n) is 3.11. The Balaban J connectivity index is 2.71. The highest BCUT2D eigenvalue weighted by Crippen LogP contribution is 2.27. The first-order chi connectivity index (χ1) is 5.27. The zero-order valence-electron chi connectivity index (χ0n) is 6.08. The van der Waals surface area contributed by atoms with Crippen LogP contribution in [0.1, 0.15) is 11.0 Å². The van der Waals surface area contributed by atoms with Crippen molar-refractivity contribution in [3.05, 3.63) is 11.1 Å². The van der Waals surface area contributed by atoms with Crippen molar-refractivity contribution in [3.63, 3.8) is 0 Å². The Morgan fingerprint density at radius 3 is 3.09 bits per heavy atom. The Morgan fingerprint density at radius 1 is 1.91 bits per heavy atom. The fourth-order valence-electron chi connectivity index (χ4n) is 0.625. The fourth-order valence-corrected chi connectivity index (χ4v) is 1.35. The van der Waals surface area contributed by atoms with Gasteiger partial charge in [-0.05, 0) is 0 Å². The molecule has 1 rings (SSSR count). The summed E-state index contributed by atoms with van der Waals surface area (Å²) in [5.74, 6) is 0. The average molecular weight is 176 g/mol. The molecule has 0 fully saturated rings. The van der Waals surface area contributed by atoms with E-state index in [1.54, 1.807) is 0 Å². The van der Waals surface area contributed by atoms with Crippen LogP contribution in [0.2, 0.25) is 0 Å². The minimum atomic E-state index is -1.11. The number of ether oxygens (including phenoxy) is 1. The topological polar surface area (TPSA) is 48.1 Å². The molecule has 0 saturated carbocycles. The van der Waals surface area contributed by atoms with Gasteiger partial charge in [-0.15, -0.1) is 0 Å². The molecule has 62 valence electrons. The van der Waals surface area contributed by atoms with Crippen LogP contribution in [0.25, 0.3) is 0 Å². The first kappa shape index (κ1) is 8.42. The highest BCUT2D eigenvalue weighted by molar-refractivity contribution is 7.13. The second-order valence-electron chi connectivity index (χ2n) is 1.94. The largest absolute Gasteiger partial charge is 0.473 e. The van der Waals surface area contributed by atoms with Crippen molar-refractivity contribution in [2.24, 2.45) is 5.73 Å². The minimum Gasteiger partial charge on any atom is -0.473 e. The van der Waals surface area contributed by atoms with Crippen LogP contribution >= 0.6 is 11.3 Å². The van der Waals surface area contributed by atoms with Crippen molar-refractivity contribution >= 4 is 11.3 Å². The number of aromatic nitrogens is 1. The number of nitrogens with zero attached hydrogens (tertiary/aromatic N) is 1. The first-order valence-corrected chi connectivity index (χ1v) is 3.93. The molecule has 0 spiro atoms. The van der Waals surface area contributed by atoms with Gasteiger partial charge in [-0.25, -0.2) is 9.37 Å². The molecule has 0 aliphatic carbocycles. The van der Waals surface area contributed by atoms with Gasteiger partial charge in [0.1, 0.15) is 6.17 Å². The van der Waals surface area contributed by atoms with E-state index in [2.05, 4.69) is 4.98 Å². The molecule has 0 saturated heterocycles. The number of alkyl halides is 1. The Morgan fingerprint density at radius 2 is 2.64 bits per heavy atom. The second kappa shape index (κ2) is 3.64. The van der Waals surface area contributed by atoms with E-state index < -0.39 is 6.17 Å². The molecule has 0 aromatic carbocycles. The lowest BCUT2D eigenvalue weighted by atomic mass is 10.3. The summed E-state index contributed by atoms with van der Waals surface area (Å²) in [5.41, 5.74) is 5.12. The molecular weight excluding hydrogens is 167 g/mol. The molecule has 2 N–H and O–H groups in total. The van der Waals surface area contributed by atoms with Crippen molar-refractivity contribution in [2.75, 3.05) is 13.7 Å². The van der Waals surface area contributed by atoms with Gasteiger partial charge in [0.05, 0.1) is 12.0 Å². The molecular formula is C6H9FN2OS. The predicted octanol–water partition coefficient (Wildman–Crippen LogP) is 1.12. The average Bonchev–Trinajstić information content (AvgIpc) is 2.50. The van der Waals surface area contributed by atoms with Gasteiger partial charge in [0, 0.05) is 12.7 Å². The van der Waals surface area contributed by atoms with Crippen molar-refractivity contribution in [2.45, 2.75) is 6.17 Å². The van der Waals surface area contributed by atoms with Gasteiger partial charge in [-0.2, -0.15) is 0 Å². The Kier molecular flexibility index (Phi) is 2.78. The third-order valence-electron chi connectivity index (χ3n) is 1.19. The summed E-state index contributed by atoms with van der Waals surface area (Å²) in [4.78, 5) is 4.32. The van der Waals surface area contributed by atoms with Crippen molar-refractivity contribution in [1.82, 2.24) is 4.98 Å². The molecule has 11 heavy (non-hydrogen) atoms. The van der Waals surface area contributed by atoms with Crippen LogP contribution in [-0.4, -0.2) is 18.6 Å². The summed E-state index contributed by atoms with van der Waals surface area (Å²) < 4.78 is 17.6. The molecule has 3 nitrogen and oxygen atoms in total. The Bertz CT molecular complexity index is 228. The maximum atomic E-state index is 12.8. The van der Waals surface area contributed by atoms with Gasteiger partial charge >= 0.3 is 0 Å². The van der Waals surface area contributed by atoms with E-state index in [-0.39, 0.29) is 6.54 Å². The summed E-state index contributed by atoms with van der Waals surface area (Å²) in [6.07, 6.45) is 0.331. The SMILES string of the molecule is COc1ncc(C(F)CN)s1. The van der Waals surface area contributed by atoms with E-state index in [0.717, 1.165) is 0 Å². The number of methoxy groups -OCH3 is 1. The van der Waals surface area contributed by atoms with Gasteiger partial charge in [0.2, 0.25) is 0 Å². The molecule has 1 unspecified atom stereocenters. The van der Waals surface area contributed by atoms with E-state index in [0.29, 0.717) is 10.1 Å². The van der Waals surface area contributed by atoms with Gasteiger partial charge in [-0.3, -0.25) is 0 Å². The van der Waals surface area contributed by atoms with Gasteiger partial charge < -0.3 is 10.5 Å². The zero-order valence-corrected chi connectivity index (χ0v) is 6.90. The van der Waals surface area contributed by atoms with Gasteiger partial charge in [-0.1, -0.05) is 11.3 Å². The van der Waals surface area contributed by atoms with Crippen LogP contribution in [-0.2, 0) is 0 Å². The van der Waals surface area contributed by atoms with Crippen molar-refractivity contribution in [3.8, 4) is 5.19 Å². The second-order valence-corrected chi connectivity index (χ2v) is 2.96. The molecule has 0 aliphatic heterocycles. The number of hydrogen-bond donors (Lipinski definition) is 1. The molecule has 1 atom stereocenters. The lowest BCUT2D eigenvalue weighted by Crippen LogP contribution is -2.05. The molecule has 0 amide bonds. The number of thiazole rings is 1.